The van der Waals surface area contributed by atoms with Crippen LogP contribution in [0.4, 0.5) is 10.5 Å². The molecule has 0 fully saturated rings. The van der Waals surface area contributed by atoms with Gasteiger partial charge in [-0.2, -0.15) is 5.26 Å². The van der Waals surface area contributed by atoms with Gasteiger partial charge in [-0.1, -0.05) is 24.9 Å². The van der Waals surface area contributed by atoms with E-state index in [1.54, 1.807) is 6.07 Å². The van der Waals surface area contributed by atoms with E-state index in [4.69, 9.17) is 22.0 Å². The van der Waals surface area contributed by atoms with E-state index in [0.29, 0.717) is 22.7 Å². The summed E-state index contributed by atoms with van der Waals surface area (Å²) in [5.74, 6) is -1.03. The highest BCUT2D eigenvalue weighted by Crippen LogP contribution is 2.20. The van der Waals surface area contributed by atoms with Gasteiger partial charge in [0.15, 0.2) is 0 Å². The average Bonchev–Trinajstić information content (AvgIpc) is 2.43. The lowest BCUT2D eigenvalue weighted by molar-refractivity contribution is -0.138. The number of carbonyl (C=O) groups excluding carboxylic acids is 1. The average molecular weight is 310 g/mol. The zero-order chi connectivity index (χ0) is 15.8. The molecule has 1 aromatic carbocycles. The van der Waals surface area contributed by atoms with E-state index in [2.05, 4.69) is 10.6 Å². The molecule has 1 rings (SSSR count). The largest absolute Gasteiger partial charge is 0.481 e. The molecule has 0 radical (unpaired) electrons. The first-order chi connectivity index (χ1) is 9.96. The van der Waals surface area contributed by atoms with Gasteiger partial charge in [0.25, 0.3) is 0 Å². The van der Waals surface area contributed by atoms with E-state index in [0.717, 1.165) is 0 Å². The number of nitriles is 1. The lowest BCUT2D eigenvalue weighted by Gasteiger charge is -2.14. The summed E-state index contributed by atoms with van der Waals surface area (Å²) in [6, 6.07) is 6.00. The second-order valence-corrected chi connectivity index (χ2v) is 4.95. The zero-order valence-corrected chi connectivity index (χ0v) is 12.3. The van der Waals surface area contributed by atoms with Crippen molar-refractivity contribution < 1.29 is 14.7 Å². The smallest absolute Gasteiger partial charge is 0.319 e. The summed E-state index contributed by atoms with van der Waals surface area (Å²) in [6.45, 7) is 2.11. The fourth-order valence-corrected chi connectivity index (χ4v) is 1.90. The van der Waals surface area contributed by atoms with Crippen LogP contribution in [0.3, 0.4) is 0 Å². The van der Waals surface area contributed by atoms with E-state index >= 15 is 0 Å². The number of nitrogens with zero attached hydrogens (tertiary/aromatic N) is 1. The molecule has 0 saturated heterocycles. The first-order valence-corrected chi connectivity index (χ1v) is 6.80. The maximum Gasteiger partial charge on any atom is 0.319 e. The van der Waals surface area contributed by atoms with Crippen LogP contribution in [0.5, 0.6) is 0 Å². The highest BCUT2D eigenvalue weighted by molar-refractivity contribution is 6.31. The Labute approximate surface area is 127 Å². The van der Waals surface area contributed by atoms with Gasteiger partial charge >= 0.3 is 12.0 Å². The molecule has 0 saturated carbocycles. The number of benzene rings is 1. The Bertz CT molecular complexity index is 569. The van der Waals surface area contributed by atoms with Crippen molar-refractivity contribution in [3.8, 4) is 6.07 Å². The van der Waals surface area contributed by atoms with Crippen molar-refractivity contribution in [3.63, 3.8) is 0 Å². The standard InChI is InChI=1S/C14H16ClN3O3/c1-2-9(5-13(19)20)8-17-14(21)18-12-6-11(15)4-3-10(12)7-16/h3-4,6,9H,2,5,8H2,1H3,(H,19,20)(H2,17,18,21). The van der Waals surface area contributed by atoms with Gasteiger partial charge in [0.05, 0.1) is 11.3 Å². The second-order valence-electron chi connectivity index (χ2n) is 4.51. The molecule has 0 aliphatic heterocycles. The Kier molecular flexibility index (Phi) is 6.50. The maximum atomic E-state index is 11.8. The number of amides is 2. The van der Waals surface area contributed by atoms with Gasteiger partial charge in [0, 0.05) is 18.0 Å². The molecule has 1 atom stereocenters. The summed E-state index contributed by atoms with van der Waals surface area (Å²) >= 11 is 5.82. The molecular formula is C14H16ClN3O3. The van der Waals surface area contributed by atoms with Crippen molar-refractivity contribution in [1.82, 2.24) is 5.32 Å². The van der Waals surface area contributed by atoms with Crippen LogP contribution in [0.25, 0.3) is 0 Å². The third-order valence-electron chi connectivity index (χ3n) is 2.94. The number of halogens is 1. The zero-order valence-electron chi connectivity index (χ0n) is 11.5. The summed E-state index contributed by atoms with van der Waals surface area (Å²) in [5, 5.41) is 23.2. The number of carboxylic acid groups (broad SMARTS) is 1. The van der Waals surface area contributed by atoms with Gasteiger partial charge in [-0.3, -0.25) is 4.79 Å². The molecule has 112 valence electrons. The minimum Gasteiger partial charge on any atom is -0.481 e. The monoisotopic (exact) mass is 309 g/mol. The summed E-state index contributed by atoms with van der Waals surface area (Å²) in [7, 11) is 0. The molecule has 1 aromatic rings. The normalized spacial score (nSPS) is 11.3. The number of hydrogen-bond acceptors (Lipinski definition) is 3. The molecule has 0 aromatic heterocycles. The van der Waals surface area contributed by atoms with Crippen LogP contribution < -0.4 is 10.6 Å². The van der Waals surface area contributed by atoms with E-state index in [9.17, 15) is 9.59 Å². The van der Waals surface area contributed by atoms with Crippen LogP contribution in [0.2, 0.25) is 5.02 Å². The Morgan fingerprint density at radius 1 is 1.48 bits per heavy atom. The Morgan fingerprint density at radius 3 is 2.76 bits per heavy atom. The lowest BCUT2D eigenvalue weighted by Crippen LogP contribution is -2.33. The summed E-state index contributed by atoms with van der Waals surface area (Å²) in [6.07, 6.45) is 0.643. The number of urea groups is 1. The van der Waals surface area contributed by atoms with Crippen LogP contribution in [0.1, 0.15) is 25.3 Å². The first-order valence-electron chi connectivity index (χ1n) is 6.42. The minimum absolute atomic E-state index is 0.00259. The van der Waals surface area contributed by atoms with E-state index in [-0.39, 0.29) is 18.9 Å². The highest BCUT2D eigenvalue weighted by Gasteiger charge is 2.13. The molecular weight excluding hydrogens is 294 g/mol. The molecule has 7 heteroatoms. The molecule has 0 bridgehead atoms. The number of rotatable bonds is 6. The molecule has 1 unspecified atom stereocenters. The maximum absolute atomic E-state index is 11.8. The fraction of sp³-hybridized carbons (Fsp3) is 0.357. The van der Waals surface area contributed by atoms with E-state index in [1.165, 1.54) is 12.1 Å². The summed E-state index contributed by atoms with van der Waals surface area (Å²) in [5.41, 5.74) is 0.612. The van der Waals surface area contributed by atoms with Crippen molar-refractivity contribution >= 4 is 29.3 Å². The lowest BCUT2D eigenvalue weighted by atomic mass is 10.0. The van der Waals surface area contributed by atoms with Crippen LogP contribution in [0, 0.1) is 17.2 Å². The first kappa shape index (κ1) is 16.8. The Morgan fingerprint density at radius 2 is 2.19 bits per heavy atom. The quantitative estimate of drug-likeness (QED) is 0.751. The topological polar surface area (TPSA) is 102 Å². The van der Waals surface area contributed by atoms with Crippen LogP contribution in [-0.4, -0.2) is 23.7 Å². The van der Waals surface area contributed by atoms with Gasteiger partial charge in [0.2, 0.25) is 0 Å². The van der Waals surface area contributed by atoms with Crippen molar-refractivity contribution in [2.24, 2.45) is 5.92 Å². The molecule has 6 nitrogen and oxygen atoms in total. The molecule has 2 amide bonds. The molecule has 0 heterocycles. The van der Waals surface area contributed by atoms with E-state index in [1.807, 2.05) is 13.0 Å². The Balaban J connectivity index is 2.60. The van der Waals surface area contributed by atoms with Gasteiger partial charge in [-0.15, -0.1) is 0 Å². The van der Waals surface area contributed by atoms with Crippen LogP contribution >= 0.6 is 11.6 Å². The van der Waals surface area contributed by atoms with Crippen molar-refractivity contribution in [2.75, 3.05) is 11.9 Å². The number of carboxylic acids is 1. The molecule has 0 aliphatic carbocycles. The van der Waals surface area contributed by atoms with Crippen molar-refractivity contribution in [2.45, 2.75) is 19.8 Å². The van der Waals surface area contributed by atoms with Gasteiger partial charge in [0.1, 0.15) is 6.07 Å². The Hall–Kier alpha value is -2.26. The predicted octanol–water partition coefficient (Wildman–Crippen LogP) is 2.83. The third kappa shape index (κ3) is 5.71. The summed E-state index contributed by atoms with van der Waals surface area (Å²) in [4.78, 5) is 22.4. The molecule has 0 aliphatic rings. The predicted molar refractivity (Wildman–Crippen MR) is 79.2 cm³/mol. The fourth-order valence-electron chi connectivity index (χ4n) is 1.73. The summed E-state index contributed by atoms with van der Waals surface area (Å²) < 4.78 is 0. The minimum atomic E-state index is -0.898. The van der Waals surface area contributed by atoms with Gasteiger partial charge in [-0.25, -0.2) is 4.79 Å². The molecule has 0 spiro atoms. The number of anilines is 1. The highest BCUT2D eigenvalue weighted by atomic mass is 35.5. The van der Waals surface area contributed by atoms with Crippen LogP contribution in [0.15, 0.2) is 18.2 Å². The van der Waals surface area contributed by atoms with Gasteiger partial charge < -0.3 is 15.7 Å². The van der Waals surface area contributed by atoms with E-state index < -0.39 is 12.0 Å². The third-order valence-corrected chi connectivity index (χ3v) is 3.18. The molecule has 3 N–H and O–H groups in total. The SMILES string of the molecule is CCC(CNC(=O)Nc1cc(Cl)ccc1C#N)CC(=O)O. The molecule has 21 heavy (non-hydrogen) atoms. The van der Waals surface area contributed by atoms with Gasteiger partial charge in [-0.05, 0) is 24.1 Å². The van der Waals surface area contributed by atoms with Crippen molar-refractivity contribution in [3.05, 3.63) is 28.8 Å². The number of carbonyl (C=O) groups is 2. The second kappa shape index (κ2) is 8.12. The number of nitrogens with one attached hydrogen (secondary N) is 2. The van der Waals surface area contributed by atoms with Crippen LogP contribution in [-0.2, 0) is 4.79 Å². The van der Waals surface area contributed by atoms with Crippen molar-refractivity contribution in [1.29, 1.82) is 5.26 Å². The number of hydrogen-bond donors (Lipinski definition) is 3. The number of aliphatic carboxylic acids is 1.